The second-order valence-electron chi connectivity index (χ2n) is 4.78. The number of rotatable bonds is 5. The fourth-order valence-corrected chi connectivity index (χ4v) is 1.75. The molecule has 1 aromatic carbocycles. The van der Waals surface area contributed by atoms with Gasteiger partial charge < -0.3 is 10.4 Å². The molecular weight excluding hydrogens is 296 g/mol. The number of amides is 2. The van der Waals surface area contributed by atoms with Crippen molar-refractivity contribution in [1.82, 2.24) is 10.4 Å². The number of hydrogen-bond donors (Lipinski definition) is 3. The molecule has 0 spiro atoms. The third kappa shape index (κ3) is 5.24. The summed E-state index contributed by atoms with van der Waals surface area (Å²) in [6.07, 6.45) is 1.60. The van der Waals surface area contributed by atoms with Gasteiger partial charge in [0.15, 0.2) is 0 Å². The van der Waals surface area contributed by atoms with E-state index in [0.29, 0.717) is 11.5 Å². The molecule has 0 aliphatic carbocycles. The standard InChI is InChI=1S/C16H16N4O3/c1-11(9-15(22)18-14-7-2-3-8-17-14)19-20-16(23)12-5-4-6-13(21)10-12/h2-8,10,21H,9H2,1H3,(H,20,23)(H,17,18,22)/b19-11+. The maximum atomic E-state index is 11.8. The maximum Gasteiger partial charge on any atom is 0.271 e. The van der Waals surface area contributed by atoms with Crippen LogP contribution >= 0.6 is 0 Å². The average molecular weight is 312 g/mol. The number of anilines is 1. The van der Waals surface area contributed by atoms with E-state index in [2.05, 4.69) is 20.8 Å². The molecule has 1 aromatic heterocycles. The predicted molar refractivity (Wildman–Crippen MR) is 86.2 cm³/mol. The molecule has 0 saturated carbocycles. The second-order valence-corrected chi connectivity index (χ2v) is 4.78. The van der Waals surface area contributed by atoms with Crippen molar-refractivity contribution in [3.05, 3.63) is 54.2 Å². The Labute approximate surface area is 133 Å². The van der Waals surface area contributed by atoms with Crippen molar-refractivity contribution in [2.75, 3.05) is 5.32 Å². The van der Waals surface area contributed by atoms with Gasteiger partial charge in [0.2, 0.25) is 5.91 Å². The van der Waals surface area contributed by atoms with E-state index in [4.69, 9.17) is 0 Å². The van der Waals surface area contributed by atoms with E-state index in [9.17, 15) is 14.7 Å². The minimum atomic E-state index is -0.467. The van der Waals surface area contributed by atoms with Crippen LogP contribution in [0.3, 0.4) is 0 Å². The fraction of sp³-hybridized carbons (Fsp3) is 0.125. The van der Waals surface area contributed by atoms with E-state index in [1.165, 1.54) is 12.1 Å². The van der Waals surface area contributed by atoms with Crippen molar-refractivity contribution in [2.24, 2.45) is 5.10 Å². The Morgan fingerprint density at radius 2 is 2.04 bits per heavy atom. The van der Waals surface area contributed by atoms with Gasteiger partial charge in [-0.05, 0) is 37.3 Å². The Balaban J connectivity index is 1.87. The van der Waals surface area contributed by atoms with Crippen LogP contribution in [0.25, 0.3) is 0 Å². The summed E-state index contributed by atoms with van der Waals surface area (Å²) in [6, 6.07) is 11.1. The van der Waals surface area contributed by atoms with Crippen LogP contribution in [0.15, 0.2) is 53.8 Å². The number of hydrogen-bond acceptors (Lipinski definition) is 5. The first-order valence-corrected chi connectivity index (χ1v) is 6.88. The number of aromatic hydroxyl groups is 1. The molecule has 0 radical (unpaired) electrons. The molecule has 0 bridgehead atoms. The lowest BCUT2D eigenvalue weighted by molar-refractivity contribution is -0.115. The molecular formula is C16H16N4O3. The van der Waals surface area contributed by atoms with Crippen LogP contribution in [0.1, 0.15) is 23.7 Å². The van der Waals surface area contributed by atoms with Crippen molar-refractivity contribution >= 4 is 23.3 Å². The van der Waals surface area contributed by atoms with Gasteiger partial charge in [-0.3, -0.25) is 9.59 Å². The molecule has 3 N–H and O–H groups in total. The molecule has 2 rings (SSSR count). The highest BCUT2D eigenvalue weighted by molar-refractivity contribution is 6.05. The number of pyridine rings is 1. The Kier molecular flexibility index (Phi) is 5.40. The molecule has 7 heteroatoms. The minimum absolute atomic E-state index is 0.00640. The predicted octanol–water partition coefficient (Wildman–Crippen LogP) is 1.92. The Hall–Kier alpha value is -3.22. The molecule has 23 heavy (non-hydrogen) atoms. The van der Waals surface area contributed by atoms with E-state index >= 15 is 0 Å². The number of carbonyl (C=O) groups is 2. The normalized spacial score (nSPS) is 10.9. The largest absolute Gasteiger partial charge is 0.508 e. The van der Waals surface area contributed by atoms with Crippen LogP contribution < -0.4 is 10.7 Å². The van der Waals surface area contributed by atoms with E-state index in [-0.39, 0.29) is 23.6 Å². The number of phenolic OH excluding ortho intramolecular Hbond substituents is 1. The maximum absolute atomic E-state index is 11.8. The Morgan fingerprint density at radius 1 is 1.22 bits per heavy atom. The van der Waals surface area contributed by atoms with Gasteiger partial charge in [0.25, 0.3) is 5.91 Å². The SMILES string of the molecule is C/C(CC(=O)Nc1ccccn1)=N\NC(=O)c1cccc(O)c1. The van der Waals surface area contributed by atoms with Crippen molar-refractivity contribution in [1.29, 1.82) is 0 Å². The monoisotopic (exact) mass is 312 g/mol. The zero-order valence-corrected chi connectivity index (χ0v) is 12.5. The lowest BCUT2D eigenvalue weighted by Crippen LogP contribution is -2.21. The molecule has 1 heterocycles. The highest BCUT2D eigenvalue weighted by Gasteiger charge is 2.07. The van der Waals surface area contributed by atoms with Gasteiger partial charge in [-0.1, -0.05) is 12.1 Å². The van der Waals surface area contributed by atoms with E-state index < -0.39 is 5.91 Å². The Bertz CT molecular complexity index is 729. The first-order chi connectivity index (χ1) is 11.0. The topological polar surface area (TPSA) is 104 Å². The minimum Gasteiger partial charge on any atom is -0.508 e. The van der Waals surface area contributed by atoms with Crippen molar-refractivity contribution in [3.63, 3.8) is 0 Å². The van der Waals surface area contributed by atoms with Crippen LogP contribution in [0.4, 0.5) is 5.82 Å². The number of nitrogens with zero attached hydrogens (tertiary/aromatic N) is 2. The van der Waals surface area contributed by atoms with Crippen LogP contribution in [0.2, 0.25) is 0 Å². The smallest absolute Gasteiger partial charge is 0.271 e. The molecule has 0 aliphatic heterocycles. The molecule has 0 atom stereocenters. The number of hydrazone groups is 1. The van der Waals surface area contributed by atoms with Gasteiger partial charge in [0.05, 0.1) is 6.42 Å². The van der Waals surface area contributed by atoms with Crippen LogP contribution in [0.5, 0.6) is 5.75 Å². The number of benzene rings is 1. The van der Waals surface area contributed by atoms with Gasteiger partial charge in [-0.25, -0.2) is 10.4 Å². The zero-order valence-electron chi connectivity index (χ0n) is 12.5. The van der Waals surface area contributed by atoms with Gasteiger partial charge in [-0.2, -0.15) is 5.10 Å². The van der Waals surface area contributed by atoms with Gasteiger partial charge in [0, 0.05) is 17.5 Å². The van der Waals surface area contributed by atoms with E-state index in [1.807, 2.05) is 0 Å². The molecule has 0 aliphatic rings. The lowest BCUT2D eigenvalue weighted by Gasteiger charge is -2.05. The van der Waals surface area contributed by atoms with Crippen molar-refractivity contribution in [3.8, 4) is 5.75 Å². The number of nitrogens with one attached hydrogen (secondary N) is 2. The highest BCUT2D eigenvalue weighted by Crippen LogP contribution is 2.10. The fourth-order valence-electron chi connectivity index (χ4n) is 1.75. The third-order valence-corrected chi connectivity index (χ3v) is 2.81. The van der Waals surface area contributed by atoms with Crippen molar-refractivity contribution < 1.29 is 14.7 Å². The molecule has 0 saturated heterocycles. The summed E-state index contributed by atoms with van der Waals surface area (Å²) >= 11 is 0. The summed E-state index contributed by atoms with van der Waals surface area (Å²) in [5, 5.41) is 15.8. The summed E-state index contributed by atoms with van der Waals surface area (Å²) in [5.41, 5.74) is 3.05. The van der Waals surface area contributed by atoms with E-state index in [1.54, 1.807) is 43.5 Å². The first kappa shape index (κ1) is 16.2. The van der Waals surface area contributed by atoms with Crippen LogP contribution in [-0.4, -0.2) is 27.6 Å². The quantitative estimate of drug-likeness (QED) is 0.579. The second kappa shape index (κ2) is 7.69. The van der Waals surface area contributed by atoms with Crippen molar-refractivity contribution in [2.45, 2.75) is 13.3 Å². The van der Waals surface area contributed by atoms with Gasteiger partial charge in [-0.15, -0.1) is 0 Å². The number of phenols is 1. The van der Waals surface area contributed by atoms with Crippen LogP contribution in [-0.2, 0) is 4.79 Å². The zero-order chi connectivity index (χ0) is 16.7. The van der Waals surface area contributed by atoms with Gasteiger partial charge in [0.1, 0.15) is 11.6 Å². The molecule has 2 aromatic rings. The first-order valence-electron chi connectivity index (χ1n) is 6.88. The summed E-state index contributed by atoms with van der Waals surface area (Å²) in [6.45, 7) is 1.63. The summed E-state index contributed by atoms with van der Waals surface area (Å²) in [7, 11) is 0. The van der Waals surface area contributed by atoms with E-state index in [0.717, 1.165) is 0 Å². The third-order valence-electron chi connectivity index (χ3n) is 2.81. The number of aromatic nitrogens is 1. The summed E-state index contributed by atoms with van der Waals surface area (Å²) < 4.78 is 0. The molecule has 2 amide bonds. The molecule has 118 valence electrons. The summed E-state index contributed by atoms with van der Waals surface area (Å²) in [4.78, 5) is 27.6. The average Bonchev–Trinajstić information content (AvgIpc) is 2.53. The lowest BCUT2D eigenvalue weighted by atomic mass is 10.2. The molecule has 0 unspecified atom stereocenters. The molecule has 0 fully saturated rings. The summed E-state index contributed by atoms with van der Waals surface area (Å²) in [5.74, 6) is -0.302. The molecule has 7 nitrogen and oxygen atoms in total. The van der Waals surface area contributed by atoms with Crippen LogP contribution in [0, 0.1) is 0 Å². The Morgan fingerprint density at radius 3 is 2.74 bits per heavy atom. The number of carbonyl (C=O) groups excluding carboxylic acids is 2. The van der Waals surface area contributed by atoms with Gasteiger partial charge >= 0.3 is 0 Å². The highest BCUT2D eigenvalue weighted by atomic mass is 16.3.